The first-order valence-electron chi connectivity index (χ1n) is 5.29. The second-order valence-electron chi connectivity index (χ2n) is 3.86. The van der Waals surface area contributed by atoms with Gasteiger partial charge in [-0.25, -0.2) is 13.1 Å². The molecule has 0 bridgehead atoms. The molecule has 17 heavy (non-hydrogen) atoms. The Morgan fingerprint density at radius 1 is 1.59 bits per heavy atom. The molecule has 4 nitrogen and oxygen atoms in total. The van der Waals surface area contributed by atoms with Gasteiger partial charge in [-0.2, -0.15) is 0 Å². The first kappa shape index (κ1) is 15.1. The molecule has 2 N–H and O–H groups in total. The average Bonchev–Trinajstić information content (AvgIpc) is 2.72. The van der Waals surface area contributed by atoms with Crippen molar-refractivity contribution in [2.45, 2.75) is 30.6 Å². The van der Waals surface area contributed by atoms with Crippen LogP contribution in [-0.2, 0) is 10.0 Å². The van der Waals surface area contributed by atoms with Gasteiger partial charge in [0.15, 0.2) is 0 Å². The van der Waals surface area contributed by atoms with E-state index in [0.29, 0.717) is 4.47 Å². The van der Waals surface area contributed by atoms with Crippen molar-refractivity contribution in [2.75, 3.05) is 6.54 Å². The van der Waals surface area contributed by atoms with E-state index < -0.39 is 16.1 Å². The number of nitrogens with one attached hydrogen (secondary N) is 1. The Morgan fingerprint density at radius 3 is 2.71 bits per heavy atom. The van der Waals surface area contributed by atoms with Crippen LogP contribution in [0.2, 0.25) is 0 Å². The number of aliphatic hydroxyl groups is 1. The molecule has 0 radical (unpaired) electrons. The third-order valence-corrected chi connectivity index (χ3v) is 6.71. The number of sulfonamides is 1. The van der Waals surface area contributed by atoms with E-state index in [-0.39, 0.29) is 16.7 Å². The molecule has 1 rings (SSSR count). The lowest BCUT2D eigenvalue weighted by Crippen LogP contribution is -2.35. The minimum absolute atomic E-state index is 0.0433. The Balaban J connectivity index is 2.66. The molecule has 7 heteroatoms. The molecule has 0 fully saturated rings. The standard InChI is InChI=1S/C10H16BrNO3S2/c1-3-7(2)9(13)6-12-17(14,15)10-8(11)4-5-16-10/h4-5,7,9,12-13H,3,6H2,1-2H3. The monoisotopic (exact) mass is 341 g/mol. The quantitative estimate of drug-likeness (QED) is 0.833. The summed E-state index contributed by atoms with van der Waals surface area (Å²) in [6.45, 7) is 3.89. The molecular formula is C10H16BrNO3S2. The first-order valence-corrected chi connectivity index (χ1v) is 8.44. The maximum absolute atomic E-state index is 11.9. The zero-order valence-electron chi connectivity index (χ0n) is 9.68. The van der Waals surface area contributed by atoms with E-state index in [1.165, 1.54) is 0 Å². The van der Waals surface area contributed by atoms with Crippen LogP contribution in [0.15, 0.2) is 20.1 Å². The lowest BCUT2D eigenvalue weighted by Gasteiger charge is -2.17. The summed E-state index contributed by atoms with van der Waals surface area (Å²) in [4.78, 5) is 0. The van der Waals surface area contributed by atoms with Gasteiger partial charge in [-0.15, -0.1) is 11.3 Å². The molecule has 1 aromatic rings. The van der Waals surface area contributed by atoms with Gasteiger partial charge in [-0.3, -0.25) is 0 Å². The molecule has 0 aliphatic heterocycles. The molecule has 2 unspecified atom stereocenters. The summed E-state index contributed by atoms with van der Waals surface area (Å²) < 4.78 is 27.0. The molecule has 98 valence electrons. The van der Waals surface area contributed by atoms with Crippen LogP contribution in [0.1, 0.15) is 20.3 Å². The fourth-order valence-corrected chi connectivity index (χ4v) is 4.64. The second kappa shape index (κ2) is 6.29. The minimum Gasteiger partial charge on any atom is -0.391 e. The van der Waals surface area contributed by atoms with Crippen LogP contribution in [0, 0.1) is 5.92 Å². The molecule has 0 saturated carbocycles. The molecule has 1 aromatic heterocycles. The van der Waals surface area contributed by atoms with Crippen molar-refractivity contribution in [3.8, 4) is 0 Å². The van der Waals surface area contributed by atoms with Crippen molar-refractivity contribution in [3.63, 3.8) is 0 Å². The van der Waals surface area contributed by atoms with Crippen LogP contribution in [0.25, 0.3) is 0 Å². The van der Waals surface area contributed by atoms with Gasteiger partial charge in [0.2, 0.25) is 0 Å². The molecule has 0 amide bonds. The van der Waals surface area contributed by atoms with Crippen LogP contribution >= 0.6 is 27.3 Å². The van der Waals surface area contributed by atoms with Crippen molar-refractivity contribution in [2.24, 2.45) is 5.92 Å². The smallest absolute Gasteiger partial charge is 0.251 e. The number of thiophene rings is 1. The van der Waals surface area contributed by atoms with Crippen LogP contribution in [-0.4, -0.2) is 26.2 Å². The topological polar surface area (TPSA) is 66.4 Å². The van der Waals surface area contributed by atoms with Crippen LogP contribution in [0.4, 0.5) is 0 Å². The van der Waals surface area contributed by atoms with E-state index in [0.717, 1.165) is 17.8 Å². The highest BCUT2D eigenvalue weighted by molar-refractivity contribution is 9.10. The Kier molecular flexibility index (Phi) is 5.59. The number of rotatable bonds is 6. The molecule has 0 aromatic carbocycles. The van der Waals surface area contributed by atoms with Crippen molar-refractivity contribution < 1.29 is 13.5 Å². The minimum atomic E-state index is -3.52. The largest absolute Gasteiger partial charge is 0.391 e. The van der Waals surface area contributed by atoms with Crippen LogP contribution in [0.5, 0.6) is 0 Å². The Morgan fingerprint density at radius 2 is 2.24 bits per heavy atom. The molecule has 0 aliphatic rings. The fourth-order valence-electron chi connectivity index (χ4n) is 1.21. The highest BCUT2D eigenvalue weighted by atomic mass is 79.9. The number of hydrogen-bond acceptors (Lipinski definition) is 4. The summed E-state index contributed by atoms with van der Waals surface area (Å²) in [5, 5.41) is 11.4. The first-order chi connectivity index (χ1) is 7.88. The van der Waals surface area contributed by atoms with Gasteiger partial charge in [0.05, 0.1) is 6.10 Å². The molecule has 0 saturated heterocycles. The van der Waals surface area contributed by atoms with E-state index in [4.69, 9.17) is 0 Å². The second-order valence-corrected chi connectivity index (χ2v) is 7.59. The Hall–Kier alpha value is 0.0500. The summed E-state index contributed by atoms with van der Waals surface area (Å²) in [7, 11) is -3.52. The highest BCUT2D eigenvalue weighted by Gasteiger charge is 2.21. The maximum atomic E-state index is 11.9. The zero-order chi connectivity index (χ0) is 13.1. The molecule has 1 heterocycles. The van der Waals surface area contributed by atoms with Crippen molar-refractivity contribution in [3.05, 3.63) is 15.9 Å². The summed E-state index contributed by atoms with van der Waals surface area (Å²) in [6.07, 6.45) is 0.152. The number of hydrogen-bond donors (Lipinski definition) is 2. The SMILES string of the molecule is CCC(C)C(O)CNS(=O)(=O)c1sccc1Br. The van der Waals surface area contributed by atoms with E-state index in [1.807, 2.05) is 13.8 Å². The van der Waals surface area contributed by atoms with Crippen LogP contribution < -0.4 is 4.72 Å². The van der Waals surface area contributed by atoms with Crippen molar-refractivity contribution in [1.29, 1.82) is 0 Å². The third-order valence-electron chi connectivity index (χ3n) is 2.61. The van der Waals surface area contributed by atoms with Crippen molar-refractivity contribution >= 4 is 37.3 Å². The number of aliphatic hydroxyl groups excluding tert-OH is 1. The maximum Gasteiger partial charge on any atom is 0.251 e. The summed E-state index contributed by atoms with van der Waals surface area (Å²) >= 11 is 4.32. The highest BCUT2D eigenvalue weighted by Crippen LogP contribution is 2.27. The van der Waals surface area contributed by atoms with Gasteiger partial charge in [-0.05, 0) is 33.3 Å². The van der Waals surface area contributed by atoms with Gasteiger partial charge >= 0.3 is 0 Å². The summed E-state index contributed by atoms with van der Waals surface area (Å²) in [5.41, 5.74) is 0. The average molecular weight is 342 g/mol. The Labute approximate surface area is 114 Å². The Bertz CT molecular complexity index is 458. The predicted octanol–water partition coefficient (Wildman–Crippen LogP) is 2.20. The van der Waals surface area contributed by atoms with E-state index >= 15 is 0 Å². The molecule has 0 aliphatic carbocycles. The fraction of sp³-hybridized carbons (Fsp3) is 0.600. The van der Waals surface area contributed by atoms with E-state index in [2.05, 4.69) is 20.7 Å². The van der Waals surface area contributed by atoms with Gasteiger partial charge < -0.3 is 5.11 Å². The van der Waals surface area contributed by atoms with E-state index in [9.17, 15) is 13.5 Å². The third kappa shape index (κ3) is 4.03. The van der Waals surface area contributed by atoms with Gasteiger partial charge in [0.25, 0.3) is 10.0 Å². The van der Waals surface area contributed by atoms with Gasteiger partial charge in [0.1, 0.15) is 4.21 Å². The lowest BCUT2D eigenvalue weighted by atomic mass is 10.0. The predicted molar refractivity (Wildman–Crippen MR) is 72.7 cm³/mol. The van der Waals surface area contributed by atoms with Crippen LogP contribution in [0.3, 0.4) is 0 Å². The molecule has 0 spiro atoms. The normalized spacial score (nSPS) is 15.8. The molecular weight excluding hydrogens is 326 g/mol. The number of halogens is 1. The van der Waals surface area contributed by atoms with Gasteiger partial charge in [-0.1, -0.05) is 20.3 Å². The summed E-state index contributed by atoms with van der Waals surface area (Å²) in [5.74, 6) is 0.0736. The summed E-state index contributed by atoms with van der Waals surface area (Å²) in [6, 6.07) is 1.68. The zero-order valence-corrected chi connectivity index (χ0v) is 12.9. The van der Waals surface area contributed by atoms with Crippen molar-refractivity contribution in [1.82, 2.24) is 4.72 Å². The molecule has 2 atom stereocenters. The lowest BCUT2D eigenvalue weighted by molar-refractivity contribution is 0.118. The van der Waals surface area contributed by atoms with Gasteiger partial charge in [0, 0.05) is 11.0 Å². The van der Waals surface area contributed by atoms with E-state index in [1.54, 1.807) is 11.4 Å².